The van der Waals surface area contributed by atoms with Gasteiger partial charge in [-0.3, -0.25) is 4.90 Å². The van der Waals surface area contributed by atoms with Crippen molar-refractivity contribution < 1.29 is 0 Å². The Morgan fingerprint density at radius 1 is 1.13 bits per heavy atom. The summed E-state index contributed by atoms with van der Waals surface area (Å²) in [6.07, 6.45) is 1.14. The molecule has 0 atom stereocenters. The maximum Gasteiger partial charge on any atom is 0.108 e. The van der Waals surface area contributed by atoms with Crippen LogP contribution in [0.1, 0.15) is 21.7 Å². The molecule has 3 nitrogen and oxygen atoms in total. The number of hydrogen-bond donors (Lipinski definition) is 1. The van der Waals surface area contributed by atoms with E-state index in [0.29, 0.717) is 0 Å². The summed E-state index contributed by atoms with van der Waals surface area (Å²) in [5, 5.41) is 4.62. The third-order valence-electron chi connectivity index (χ3n) is 4.35. The number of benzene rings is 2. The minimum absolute atomic E-state index is 0.901. The van der Waals surface area contributed by atoms with E-state index in [1.807, 2.05) is 0 Å². The van der Waals surface area contributed by atoms with Crippen LogP contribution in [0.15, 0.2) is 42.5 Å². The van der Waals surface area contributed by atoms with E-state index >= 15 is 0 Å². The van der Waals surface area contributed by atoms with E-state index in [1.165, 1.54) is 26.4 Å². The van der Waals surface area contributed by atoms with Crippen LogP contribution >= 0.6 is 11.3 Å². The molecule has 4 rings (SSSR count). The molecule has 0 aliphatic carbocycles. The molecule has 118 valence electrons. The van der Waals surface area contributed by atoms with E-state index in [-0.39, 0.29) is 0 Å². The quantitative estimate of drug-likeness (QED) is 0.795. The summed E-state index contributed by atoms with van der Waals surface area (Å²) in [7, 11) is 2.17. The fourth-order valence-electron chi connectivity index (χ4n) is 3.21. The van der Waals surface area contributed by atoms with Crippen molar-refractivity contribution >= 4 is 21.6 Å². The number of aromatic nitrogens is 1. The lowest BCUT2D eigenvalue weighted by molar-refractivity contribution is 0.318. The predicted molar refractivity (Wildman–Crippen MR) is 96.6 cm³/mol. The normalized spacial score (nSPS) is 14.3. The highest BCUT2D eigenvalue weighted by molar-refractivity contribution is 7.18. The Labute approximate surface area is 141 Å². The van der Waals surface area contributed by atoms with Gasteiger partial charge in [0.2, 0.25) is 0 Å². The maximum absolute atomic E-state index is 4.73. The highest BCUT2D eigenvalue weighted by atomic mass is 32.1. The molecule has 23 heavy (non-hydrogen) atoms. The van der Waals surface area contributed by atoms with E-state index in [0.717, 1.165) is 38.1 Å². The summed E-state index contributed by atoms with van der Waals surface area (Å²) in [4.78, 5) is 7.08. The molecule has 2 aromatic carbocycles. The fourth-order valence-corrected chi connectivity index (χ4v) is 4.26. The van der Waals surface area contributed by atoms with Crippen LogP contribution in [0.25, 0.3) is 10.2 Å². The van der Waals surface area contributed by atoms with Crippen LogP contribution in [0.3, 0.4) is 0 Å². The standard InChI is InChI=1S/C19H21N3S/c1-22(13-19-21-17-4-2-3-5-18(17)23-19)12-14-6-7-16-11-20-9-8-15(16)10-14/h2-7,10,20H,8-9,11-13H2,1H3. The number of para-hydroxylation sites is 1. The van der Waals surface area contributed by atoms with Gasteiger partial charge in [-0.1, -0.05) is 30.3 Å². The number of nitrogens with zero attached hydrogens (tertiary/aromatic N) is 2. The number of thiazole rings is 1. The topological polar surface area (TPSA) is 28.2 Å². The lowest BCUT2D eigenvalue weighted by Gasteiger charge is -2.20. The third kappa shape index (κ3) is 3.29. The fraction of sp³-hybridized carbons (Fsp3) is 0.316. The molecule has 0 radical (unpaired) electrons. The Morgan fingerprint density at radius 2 is 2.04 bits per heavy atom. The summed E-state index contributed by atoms with van der Waals surface area (Å²) in [6.45, 7) is 3.98. The van der Waals surface area contributed by atoms with Crippen LogP contribution in [0, 0.1) is 0 Å². The third-order valence-corrected chi connectivity index (χ3v) is 5.37. The van der Waals surface area contributed by atoms with Gasteiger partial charge in [-0.05, 0) is 48.8 Å². The molecule has 4 heteroatoms. The van der Waals surface area contributed by atoms with Crippen molar-refractivity contribution in [1.29, 1.82) is 0 Å². The van der Waals surface area contributed by atoms with Crippen molar-refractivity contribution in [3.05, 3.63) is 64.2 Å². The van der Waals surface area contributed by atoms with E-state index in [2.05, 4.69) is 59.7 Å². The minimum atomic E-state index is 0.901. The number of nitrogens with one attached hydrogen (secondary N) is 1. The molecule has 0 spiro atoms. The Balaban J connectivity index is 1.46. The zero-order chi connectivity index (χ0) is 15.6. The first-order valence-electron chi connectivity index (χ1n) is 8.12. The smallest absolute Gasteiger partial charge is 0.108 e. The van der Waals surface area contributed by atoms with Gasteiger partial charge in [0.05, 0.1) is 16.8 Å². The van der Waals surface area contributed by atoms with Crippen molar-refractivity contribution in [3.8, 4) is 0 Å². The SMILES string of the molecule is CN(Cc1ccc2c(c1)CCNC2)Cc1nc2ccccc2s1. The van der Waals surface area contributed by atoms with Gasteiger partial charge in [0.25, 0.3) is 0 Å². The van der Waals surface area contributed by atoms with Crippen LogP contribution < -0.4 is 5.32 Å². The van der Waals surface area contributed by atoms with Gasteiger partial charge in [0.15, 0.2) is 0 Å². The molecular weight excluding hydrogens is 302 g/mol. The summed E-state index contributed by atoms with van der Waals surface area (Å²) >= 11 is 1.80. The highest BCUT2D eigenvalue weighted by Gasteiger charge is 2.11. The molecule has 0 amide bonds. The summed E-state index contributed by atoms with van der Waals surface area (Å²) in [5.74, 6) is 0. The van der Waals surface area contributed by atoms with Crippen molar-refractivity contribution in [2.24, 2.45) is 0 Å². The van der Waals surface area contributed by atoms with Crippen LogP contribution in [-0.4, -0.2) is 23.5 Å². The molecule has 0 unspecified atom stereocenters. The van der Waals surface area contributed by atoms with E-state index in [9.17, 15) is 0 Å². The van der Waals surface area contributed by atoms with Gasteiger partial charge < -0.3 is 5.32 Å². The molecule has 0 fully saturated rings. The first kappa shape index (κ1) is 14.8. The van der Waals surface area contributed by atoms with Crippen molar-refractivity contribution in [2.75, 3.05) is 13.6 Å². The minimum Gasteiger partial charge on any atom is -0.312 e. The molecule has 0 bridgehead atoms. The molecule has 0 saturated carbocycles. The first-order chi connectivity index (χ1) is 11.3. The van der Waals surface area contributed by atoms with E-state index < -0.39 is 0 Å². The Kier molecular flexibility index (Phi) is 4.12. The molecular formula is C19H21N3S. The van der Waals surface area contributed by atoms with Crippen molar-refractivity contribution in [2.45, 2.75) is 26.1 Å². The van der Waals surface area contributed by atoms with E-state index in [4.69, 9.17) is 4.98 Å². The number of rotatable bonds is 4. The maximum atomic E-state index is 4.73. The van der Waals surface area contributed by atoms with Gasteiger partial charge in [0, 0.05) is 13.1 Å². The van der Waals surface area contributed by atoms with Crippen LogP contribution in [0.4, 0.5) is 0 Å². The van der Waals surface area contributed by atoms with E-state index in [1.54, 1.807) is 11.3 Å². The van der Waals surface area contributed by atoms with Crippen molar-refractivity contribution in [1.82, 2.24) is 15.2 Å². The predicted octanol–water partition coefficient (Wildman–Crippen LogP) is 3.57. The Bertz CT molecular complexity index is 791. The van der Waals surface area contributed by atoms with Gasteiger partial charge in [-0.25, -0.2) is 4.98 Å². The van der Waals surface area contributed by atoms with Gasteiger partial charge in [-0.2, -0.15) is 0 Å². The molecule has 1 aliphatic heterocycles. The van der Waals surface area contributed by atoms with Crippen LogP contribution in [0.2, 0.25) is 0 Å². The second-order valence-corrected chi connectivity index (χ2v) is 7.39. The monoisotopic (exact) mass is 323 g/mol. The zero-order valence-corrected chi connectivity index (χ0v) is 14.2. The summed E-state index contributed by atoms with van der Waals surface area (Å²) in [6, 6.07) is 15.3. The van der Waals surface area contributed by atoms with Gasteiger partial charge in [0.1, 0.15) is 5.01 Å². The van der Waals surface area contributed by atoms with Crippen LogP contribution in [0.5, 0.6) is 0 Å². The average Bonchev–Trinajstić information content (AvgIpc) is 2.96. The van der Waals surface area contributed by atoms with Gasteiger partial charge in [-0.15, -0.1) is 11.3 Å². The zero-order valence-electron chi connectivity index (χ0n) is 13.4. The molecule has 1 aliphatic rings. The molecule has 3 aromatic rings. The lowest BCUT2D eigenvalue weighted by Crippen LogP contribution is -2.24. The summed E-state index contributed by atoms with van der Waals surface area (Å²) in [5.41, 5.74) is 5.47. The second kappa shape index (κ2) is 6.40. The first-order valence-corrected chi connectivity index (χ1v) is 8.94. The molecule has 0 saturated heterocycles. The number of hydrogen-bond acceptors (Lipinski definition) is 4. The molecule has 2 heterocycles. The highest BCUT2D eigenvalue weighted by Crippen LogP contribution is 2.23. The Morgan fingerprint density at radius 3 is 2.96 bits per heavy atom. The summed E-state index contributed by atoms with van der Waals surface area (Å²) < 4.78 is 1.28. The Hall–Kier alpha value is -1.75. The number of fused-ring (bicyclic) bond motifs is 2. The van der Waals surface area contributed by atoms with Crippen molar-refractivity contribution in [3.63, 3.8) is 0 Å². The largest absolute Gasteiger partial charge is 0.312 e. The lowest BCUT2D eigenvalue weighted by atomic mass is 9.98. The molecule has 1 N–H and O–H groups in total. The van der Waals surface area contributed by atoms with Crippen LogP contribution in [-0.2, 0) is 26.1 Å². The average molecular weight is 323 g/mol. The van der Waals surface area contributed by atoms with Gasteiger partial charge >= 0.3 is 0 Å². The second-order valence-electron chi connectivity index (χ2n) is 6.28. The molecule has 1 aromatic heterocycles.